The van der Waals surface area contributed by atoms with E-state index < -0.39 is 0 Å². The van der Waals surface area contributed by atoms with Gasteiger partial charge in [0.05, 0.1) is 10.2 Å². The molecule has 0 fully saturated rings. The van der Waals surface area contributed by atoms with E-state index in [0.717, 1.165) is 22.2 Å². The maximum absolute atomic E-state index is 6.08. The van der Waals surface area contributed by atoms with E-state index in [1.54, 1.807) is 17.5 Å². The lowest BCUT2D eigenvalue weighted by molar-refractivity contribution is 0.359. The summed E-state index contributed by atoms with van der Waals surface area (Å²) in [6.07, 6.45) is 3.33. The fourth-order valence-electron chi connectivity index (χ4n) is 2.34. The van der Waals surface area contributed by atoms with Gasteiger partial charge in [-0.2, -0.15) is 4.98 Å². The summed E-state index contributed by atoms with van der Waals surface area (Å²) in [5.41, 5.74) is 7.94. The lowest BCUT2D eigenvalue weighted by atomic mass is 10.0. The number of aromatic nitrogens is 3. The molecule has 0 amide bonds. The number of thiophene rings is 1. The van der Waals surface area contributed by atoms with Gasteiger partial charge in [0.2, 0.25) is 11.7 Å². The van der Waals surface area contributed by atoms with Crippen LogP contribution in [0, 0.1) is 5.92 Å². The zero-order valence-corrected chi connectivity index (χ0v) is 12.9. The van der Waals surface area contributed by atoms with Crippen molar-refractivity contribution in [3.63, 3.8) is 0 Å². The summed E-state index contributed by atoms with van der Waals surface area (Å²) in [5.74, 6) is 1.72. The molecule has 0 bridgehead atoms. The molecule has 0 aromatic carbocycles. The molecule has 0 aliphatic carbocycles. The van der Waals surface area contributed by atoms with Gasteiger partial charge >= 0.3 is 0 Å². The monoisotopic (exact) mass is 302 g/mol. The molecule has 3 aromatic heterocycles. The van der Waals surface area contributed by atoms with E-state index >= 15 is 0 Å². The number of hydrogen-bond acceptors (Lipinski definition) is 6. The Bertz CT molecular complexity index is 734. The Morgan fingerprint density at radius 3 is 3.05 bits per heavy atom. The van der Waals surface area contributed by atoms with E-state index in [0.29, 0.717) is 24.1 Å². The molecule has 21 heavy (non-hydrogen) atoms. The average Bonchev–Trinajstić information content (AvgIpc) is 3.04. The van der Waals surface area contributed by atoms with Gasteiger partial charge in [-0.25, -0.2) is 0 Å². The zero-order chi connectivity index (χ0) is 14.8. The van der Waals surface area contributed by atoms with Crippen LogP contribution in [-0.2, 0) is 6.42 Å². The summed E-state index contributed by atoms with van der Waals surface area (Å²) < 4.78 is 6.42. The van der Waals surface area contributed by atoms with Crippen LogP contribution in [0.25, 0.3) is 21.6 Å². The van der Waals surface area contributed by atoms with Gasteiger partial charge in [-0.15, -0.1) is 11.3 Å². The Labute approximate surface area is 127 Å². The summed E-state index contributed by atoms with van der Waals surface area (Å²) in [4.78, 5) is 8.82. The Balaban J connectivity index is 1.77. The molecule has 0 saturated carbocycles. The van der Waals surface area contributed by atoms with Gasteiger partial charge in [-0.05, 0) is 29.9 Å². The van der Waals surface area contributed by atoms with Gasteiger partial charge in [0.15, 0.2) is 0 Å². The molecule has 2 N–H and O–H groups in total. The quantitative estimate of drug-likeness (QED) is 0.782. The molecule has 0 saturated heterocycles. The Morgan fingerprint density at radius 1 is 1.38 bits per heavy atom. The van der Waals surface area contributed by atoms with Crippen LogP contribution in [0.15, 0.2) is 28.2 Å². The molecule has 1 unspecified atom stereocenters. The lowest BCUT2D eigenvalue weighted by Gasteiger charge is -2.10. The second-order valence-corrected chi connectivity index (χ2v) is 6.58. The molecule has 0 spiro atoms. The van der Waals surface area contributed by atoms with Crippen LogP contribution >= 0.6 is 11.3 Å². The van der Waals surface area contributed by atoms with Crippen molar-refractivity contribution < 1.29 is 4.52 Å². The van der Waals surface area contributed by atoms with E-state index in [2.05, 4.69) is 29.0 Å². The Hall–Kier alpha value is -1.79. The van der Waals surface area contributed by atoms with E-state index in [1.165, 1.54) is 0 Å². The van der Waals surface area contributed by atoms with Crippen molar-refractivity contribution in [2.75, 3.05) is 0 Å². The summed E-state index contributed by atoms with van der Waals surface area (Å²) in [5, 5.41) is 6.05. The number of fused-ring (bicyclic) bond motifs is 1. The van der Waals surface area contributed by atoms with Gasteiger partial charge < -0.3 is 10.3 Å². The van der Waals surface area contributed by atoms with Gasteiger partial charge in [0.1, 0.15) is 0 Å². The maximum Gasteiger partial charge on any atom is 0.228 e. The molecular formula is C15H18N4OS. The van der Waals surface area contributed by atoms with Crippen LogP contribution in [-0.4, -0.2) is 21.2 Å². The molecule has 0 aliphatic rings. The smallest absolute Gasteiger partial charge is 0.228 e. The minimum Gasteiger partial charge on any atom is -0.339 e. The summed E-state index contributed by atoms with van der Waals surface area (Å²) in [6.45, 7) is 4.31. The number of rotatable bonds is 5. The normalized spacial score (nSPS) is 13.1. The van der Waals surface area contributed by atoms with Crippen LogP contribution in [0.1, 0.15) is 26.2 Å². The Kier molecular flexibility index (Phi) is 3.98. The van der Waals surface area contributed by atoms with E-state index in [1.807, 2.05) is 17.5 Å². The minimum absolute atomic E-state index is 0.0520. The standard InChI is InChI=1S/C15H18N4OS/c1-9(2)5-11(16)7-14-18-15(19-20-14)10-6-13-12(17-8-10)3-4-21-13/h3-4,6,8-9,11H,5,7,16H2,1-2H3. The molecule has 3 aromatic rings. The molecule has 110 valence electrons. The SMILES string of the molecule is CC(C)CC(N)Cc1nc(-c2cnc3ccsc3c2)no1. The van der Waals surface area contributed by atoms with Crippen molar-refractivity contribution in [1.82, 2.24) is 15.1 Å². The van der Waals surface area contributed by atoms with Crippen molar-refractivity contribution in [3.05, 3.63) is 29.6 Å². The second kappa shape index (κ2) is 5.91. The fraction of sp³-hybridized carbons (Fsp3) is 0.400. The number of pyridine rings is 1. The predicted molar refractivity (Wildman–Crippen MR) is 84.0 cm³/mol. The zero-order valence-electron chi connectivity index (χ0n) is 12.1. The topological polar surface area (TPSA) is 77.8 Å². The minimum atomic E-state index is 0.0520. The van der Waals surface area contributed by atoms with Crippen molar-refractivity contribution >= 4 is 21.6 Å². The molecular weight excluding hydrogens is 284 g/mol. The van der Waals surface area contributed by atoms with Crippen LogP contribution in [0.2, 0.25) is 0 Å². The van der Waals surface area contributed by atoms with Crippen molar-refractivity contribution in [1.29, 1.82) is 0 Å². The third-order valence-corrected chi connectivity index (χ3v) is 4.09. The molecule has 5 nitrogen and oxygen atoms in total. The second-order valence-electron chi connectivity index (χ2n) is 5.63. The van der Waals surface area contributed by atoms with Gasteiger partial charge in [0.25, 0.3) is 0 Å². The third-order valence-electron chi connectivity index (χ3n) is 3.24. The van der Waals surface area contributed by atoms with Crippen LogP contribution in [0.5, 0.6) is 0 Å². The first kappa shape index (κ1) is 14.2. The van der Waals surface area contributed by atoms with Crippen LogP contribution in [0.3, 0.4) is 0 Å². The highest BCUT2D eigenvalue weighted by Gasteiger charge is 2.14. The van der Waals surface area contributed by atoms with Gasteiger partial charge in [-0.3, -0.25) is 4.98 Å². The van der Waals surface area contributed by atoms with E-state index in [4.69, 9.17) is 10.3 Å². The van der Waals surface area contributed by atoms with Crippen molar-refractivity contribution in [2.45, 2.75) is 32.7 Å². The highest BCUT2D eigenvalue weighted by atomic mass is 32.1. The van der Waals surface area contributed by atoms with Gasteiger partial charge in [0, 0.05) is 24.2 Å². The van der Waals surface area contributed by atoms with Crippen molar-refractivity contribution in [3.8, 4) is 11.4 Å². The average molecular weight is 302 g/mol. The summed E-state index contributed by atoms with van der Waals surface area (Å²) in [6, 6.07) is 4.09. The molecule has 0 aliphatic heterocycles. The number of nitrogens with zero attached hydrogens (tertiary/aromatic N) is 3. The predicted octanol–water partition coefficient (Wildman–Crippen LogP) is 3.26. The highest BCUT2D eigenvalue weighted by molar-refractivity contribution is 7.17. The molecule has 0 radical (unpaired) electrons. The summed E-state index contributed by atoms with van der Waals surface area (Å²) >= 11 is 1.65. The first-order valence-electron chi connectivity index (χ1n) is 7.03. The largest absolute Gasteiger partial charge is 0.339 e. The fourth-order valence-corrected chi connectivity index (χ4v) is 3.12. The van der Waals surface area contributed by atoms with Gasteiger partial charge in [-0.1, -0.05) is 19.0 Å². The van der Waals surface area contributed by atoms with Crippen LogP contribution in [0.4, 0.5) is 0 Å². The molecule has 3 rings (SSSR count). The number of hydrogen-bond donors (Lipinski definition) is 1. The molecule has 6 heteroatoms. The highest BCUT2D eigenvalue weighted by Crippen LogP contribution is 2.24. The van der Waals surface area contributed by atoms with E-state index in [-0.39, 0.29) is 6.04 Å². The van der Waals surface area contributed by atoms with Crippen molar-refractivity contribution in [2.24, 2.45) is 11.7 Å². The Morgan fingerprint density at radius 2 is 2.24 bits per heavy atom. The first-order chi connectivity index (χ1) is 10.1. The first-order valence-corrected chi connectivity index (χ1v) is 7.91. The van der Waals surface area contributed by atoms with E-state index in [9.17, 15) is 0 Å². The lowest BCUT2D eigenvalue weighted by Crippen LogP contribution is -2.24. The third kappa shape index (κ3) is 3.28. The molecule has 3 heterocycles. The summed E-state index contributed by atoms with van der Waals surface area (Å²) in [7, 11) is 0. The maximum atomic E-state index is 6.08. The molecule has 1 atom stereocenters. The van der Waals surface area contributed by atoms with Crippen LogP contribution < -0.4 is 5.73 Å². The number of nitrogens with two attached hydrogens (primary N) is 1.